The molecule has 1 aromatic carbocycles. The van der Waals surface area contributed by atoms with Gasteiger partial charge in [0.25, 0.3) is 0 Å². The average Bonchev–Trinajstić information content (AvgIpc) is 2.47. The maximum atomic E-state index is 12.9. The number of benzene rings is 1. The first-order valence-electron chi connectivity index (χ1n) is 4.08. The van der Waals surface area contributed by atoms with Gasteiger partial charge in [0.05, 0.1) is 9.72 Å². The maximum absolute atomic E-state index is 12.9. The zero-order valence-corrected chi connectivity index (χ0v) is 8.68. The molecule has 0 atom stereocenters. The van der Waals surface area contributed by atoms with Crippen LogP contribution >= 0.6 is 22.9 Å². The highest BCUT2D eigenvalue weighted by atomic mass is 35.5. The molecule has 0 aliphatic rings. The molecule has 2 rings (SSSR count). The molecule has 0 bridgehead atoms. The van der Waals surface area contributed by atoms with E-state index < -0.39 is 0 Å². The number of fused-ring (bicyclic) bond motifs is 1. The van der Waals surface area contributed by atoms with Gasteiger partial charge >= 0.3 is 0 Å². The molecule has 0 N–H and O–H groups in total. The van der Waals surface area contributed by atoms with Crippen molar-refractivity contribution in [2.45, 2.75) is 13.3 Å². The van der Waals surface area contributed by atoms with Crippen LogP contribution in [0.1, 0.15) is 11.8 Å². The van der Waals surface area contributed by atoms with E-state index in [4.69, 9.17) is 11.6 Å². The molecule has 1 heterocycles. The number of rotatable bonds is 1. The lowest BCUT2D eigenvalue weighted by molar-refractivity contribution is 0.630. The Kier molecular flexibility index (Phi) is 2.26. The fourth-order valence-corrected chi connectivity index (χ4v) is 2.62. The molecule has 2 aromatic rings. The van der Waals surface area contributed by atoms with E-state index in [2.05, 4.69) is 6.92 Å². The third-order valence-electron chi connectivity index (χ3n) is 1.94. The van der Waals surface area contributed by atoms with E-state index in [0.29, 0.717) is 5.02 Å². The largest absolute Gasteiger partial charge is 0.207 e. The van der Waals surface area contributed by atoms with Crippen LogP contribution in [0.3, 0.4) is 0 Å². The Morgan fingerprint density at radius 3 is 2.85 bits per heavy atom. The second kappa shape index (κ2) is 3.28. The Hall–Kier alpha value is -0.600. The fourth-order valence-electron chi connectivity index (χ4n) is 1.30. The number of aryl methyl sites for hydroxylation is 1. The molecule has 13 heavy (non-hydrogen) atoms. The minimum absolute atomic E-state index is 0.266. The maximum Gasteiger partial charge on any atom is 0.125 e. The monoisotopic (exact) mass is 214 g/mol. The zero-order valence-electron chi connectivity index (χ0n) is 7.10. The molecule has 0 saturated heterocycles. The van der Waals surface area contributed by atoms with Crippen LogP contribution in [0.2, 0.25) is 5.02 Å². The van der Waals surface area contributed by atoms with Crippen molar-refractivity contribution in [3.8, 4) is 0 Å². The van der Waals surface area contributed by atoms with Crippen molar-refractivity contribution >= 4 is 33.0 Å². The summed E-state index contributed by atoms with van der Waals surface area (Å²) in [6.45, 7) is 2.08. The molecule has 0 saturated carbocycles. The predicted octanol–water partition coefficient (Wildman–Crippen LogP) is 4.26. The summed E-state index contributed by atoms with van der Waals surface area (Å²) >= 11 is 7.54. The lowest BCUT2D eigenvalue weighted by atomic mass is 10.2. The lowest BCUT2D eigenvalue weighted by Crippen LogP contribution is -1.72. The smallest absolute Gasteiger partial charge is 0.125 e. The molecular weight excluding hydrogens is 207 g/mol. The van der Waals surface area contributed by atoms with Crippen molar-refractivity contribution in [1.29, 1.82) is 0 Å². The number of hydrogen-bond acceptors (Lipinski definition) is 1. The summed E-state index contributed by atoms with van der Waals surface area (Å²) < 4.78 is 13.9. The standard InChI is InChI=1S/C10H8ClFS/c1-2-8-4-6-3-7(12)5-9(11)10(6)13-8/h3-5H,2H2,1H3. The quantitative estimate of drug-likeness (QED) is 0.666. The summed E-state index contributed by atoms with van der Waals surface area (Å²) in [6.07, 6.45) is 0.970. The molecule has 0 aliphatic carbocycles. The Morgan fingerprint density at radius 2 is 2.15 bits per heavy atom. The van der Waals surface area contributed by atoms with Crippen molar-refractivity contribution in [3.63, 3.8) is 0 Å². The van der Waals surface area contributed by atoms with Gasteiger partial charge in [-0.3, -0.25) is 0 Å². The number of thiophene rings is 1. The molecule has 0 radical (unpaired) electrons. The number of halogens is 2. The van der Waals surface area contributed by atoms with Crippen molar-refractivity contribution in [2.24, 2.45) is 0 Å². The van der Waals surface area contributed by atoms with Crippen LogP contribution in [-0.4, -0.2) is 0 Å². The van der Waals surface area contributed by atoms with Crippen LogP contribution in [-0.2, 0) is 6.42 Å². The first-order chi connectivity index (χ1) is 6.20. The van der Waals surface area contributed by atoms with E-state index in [0.717, 1.165) is 16.5 Å². The SMILES string of the molecule is CCc1cc2cc(F)cc(Cl)c2s1. The van der Waals surface area contributed by atoms with Crippen LogP contribution in [0.4, 0.5) is 4.39 Å². The van der Waals surface area contributed by atoms with Gasteiger partial charge in [0.1, 0.15) is 5.82 Å². The highest BCUT2D eigenvalue weighted by molar-refractivity contribution is 7.19. The summed E-state index contributed by atoms with van der Waals surface area (Å²) in [4.78, 5) is 1.24. The van der Waals surface area contributed by atoms with Gasteiger partial charge in [0.2, 0.25) is 0 Å². The van der Waals surface area contributed by atoms with Gasteiger partial charge in [-0.2, -0.15) is 0 Å². The summed E-state index contributed by atoms with van der Waals surface area (Å²) in [7, 11) is 0. The second-order valence-electron chi connectivity index (χ2n) is 2.87. The molecule has 0 amide bonds. The van der Waals surface area contributed by atoms with Gasteiger partial charge in [0, 0.05) is 4.88 Å². The van der Waals surface area contributed by atoms with Crippen LogP contribution in [0.25, 0.3) is 10.1 Å². The van der Waals surface area contributed by atoms with Gasteiger partial charge < -0.3 is 0 Å². The lowest BCUT2D eigenvalue weighted by Gasteiger charge is -1.92. The van der Waals surface area contributed by atoms with Crippen molar-refractivity contribution in [1.82, 2.24) is 0 Å². The van der Waals surface area contributed by atoms with E-state index in [1.807, 2.05) is 6.07 Å². The summed E-state index contributed by atoms with van der Waals surface area (Å²) in [5.41, 5.74) is 0. The van der Waals surface area contributed by atoms with E-state index in [-0.39, 0.29) is 5.82 Å². The fraction of sp³-hybridized carbons (Fsp3) is 0.200. The van der Waals surface area contributed by atoms with Crippen molar-refractivity contribution in [2.75, 3.05) is 0 Å². The first-order valence-corrected chi connectivity index (χ1v) is 5.27. The van der Waals surface area contributed by atoms with E-state index in [1.165, 1.54) is 17.0 Å². The second-order valence-corrected chi connectivity index (χ2v) is 4.42. The van der Waals surface area contributed by atoms with Crippen LogP contribution in [0, 0.1) is 5.82 Å². The Labute approximate surface area is 85.0 Å². The van der Waals surface area contributed by atoms with Crippen LogP contribution < -0.4 is 0 Å². The first kappa shape index (κ1) is 8.97. The Bertz CT molecular complexity index is 447. The summed E-state index contributed by atoms with van der Waals surface area (Å²) in [5, 5.41) is 1.42. The third kappa shape index (κ3) is 1.56. The molecule has 68 valence electrons. The topological polar surface area (TPSA) is 0 Å². The highest BCUT2D eigenvalue weighted by Crippen LogP contribution is 2.32. The molecular formula is C10H8ClFS. The highest BCUT2D eigenvalue weighted by Gasteiger charge is 2.06. The van der Waals surface area contributed by atoms with Gasteiger partial charge in [-0.05, 0) is 30.0 Å². The molecule has 0 aliphatic heterocycles. The average molecular weight is 215 g/mol. The minimum Gasteiger partial charge on any atom is -0.207 e. The van der Waals surface area contributed by atoms with Crippen molar-refractivity contribution in [3.05, 3.63) is 33.9 Å². The Morgan fingerprint density at radius 1 is 1.38 bits per heavy atom. The van der Waals surface area contributed by atoms with Gasteiger partial charge in [-0.15, -0.1) is 11.3 Å². The summed E-state index contributed by atoms with van der Waals surface area (Å²) in [6, 6.07) is 4.88. The van der Waals surface area contributed by atoms with Gasteiger partial charge in [-0.25, -0.2) is 4.39 Å². The van der Waals surface area contributed by atoms with E-state index in [1.54, 1.807) is 11.3 Å². The summed E-state index contributed by atoms with van der Waals surface area (Å²) in [5.74, 6) is -0.266. The molecule has 0 unspecified atom stereocenters. The normalized spacial score (nSPS) is 11.0. The van der Waals surface area contributed by atoms with E-state index >= 15 is 0 Å². The minimum atomic E-state index is -0.266. The molecule has 0 spiro atoms. The van der Waals surface area contributed by atoms with Gasteiger partial charge in [-0.1, -0.05) is 18.5 Å². The van der Waals surface area contributed by atoms with Crippen molar-refractivity contribution < 1.29 is 4.39 Å². The van der Waals surface area contributed by atoms with Crippen LogP contribution in [0.15, 0.2) is 18.2 Å². The van der Waals surface area contributed by atoms with E-state index in [9.17, 15) is 4.39 Å². The molecule has 0 nitrogen and oxygen atoms in total. The third-order valence-corrected chi connectivity index (χ3v) is 3.67. The number of hydrogen-bond donors (Lipinski definition) is 0. The predicted molar refractivity (Wildman–Crippen MR) is 56.2 cm³/mol. The molecule has 1 aromatic heterocycles. The molecule has 0 fully saturated rings. The van der Waals surface area contributed by atoms with Crippen LogP contribution in [0.5, 0.6) is 0 Å². The molecule has 3 heteroatoms. The van der Waals surface area contributed by atoms with Gasteiger partial charge in [0.15, 0.2) is 0 Å². The Balaban J connectivity index is 2.75. The zero-order chi connectivity index (χ0) is 9.42.